The maximum atomic E-state index is 13.7. The highest BCUT2D eigenvalue weighted by Crippen LogP contribution is 2.20. The molecule has 0 saturated carbocycles. The molecule has 0 aliphatic rings. The van der Waals surface area contributed by atoms with Crippen LogP contribution in [0.3, 0.4) is 0 Å². The molecule has 2 aromatic rings. The van der Waals surface area contributed by atoms with Crippen LogP contribution in [-0.4, -0.2) is 48.0 Å². The van der Waals surface area contributed by atoms with Gasteiger partial charge in [-0.15, -0.1) is 0 Å². The number of nitrogens with zero attached hydrogens (tertiary/aromatic N) is 3. The van der Waals surface area contributed by atoms with E-state index in [-0.39, 0.29) is 5.69 Å². The first kappa shape index (κ1) is 19.6. The van der Waals surface area contributed by atoms with Gasteiger partial charge in [0.15, 0.2) is 17.5 Å². The van der Waals surface area contributed by atoms with E-state index in [9.17, 15) is 18.0 Å². The first-order valence-corrected chi connectivity index (χ1v) is 7.97. The molecule has 140 valence electrons. The van der Waals surface area contributed by atoms with Crippen LogP contribution >= 0.6 is 0 Å². The zero-order valence-corrected chi connectivity index (χ0v) is 14.7. The first-order chi connectivity index (χ1) is 12.3. The molecule has 0 fully saturated rings. The third-order valence-corrected chi connectivity index (χ3v) is 3.44. The quantitative estimate of drug-likeness (QED) is 0.582. The predicted molar refractivity (Wildman–Crippen MR) is 92.7 cm³/mol. The van der Waals surface area contributed by atoms with Gasteiger partial charge < -0.3 is 15.5 Å². The van der Waals surface area contributed by atoms with Gasteiger partial charge in [0.2, 0.25) is 0 Å². The lowest BCUT2D eigenvalue weighted by molar-refractivity contribution is 0.102. The minimum absolute atomic E-state index is 0.0169. The number of nitrogens with one attached hydrogen (secondary N) is 2. The summed E-state index contributed by atoms with van der Waals surface area (Å²) >= 11 is 0. The van der Waals surface area contributed by atoms with Crippen molar-refractivity contribution in [2.75, 3.05) is 37.8 Å². The van der Waals surface area contributed by atoms with Gasteiger partial charge in [0.25, 0.3) is 5.91 Å². The fourth-order valence-electron chi connectivity index (χ4n) is 2.20. The van der Waals surface area contributed by atoms with E-state index < -0.39 is 29.0 Å². The molecular weight excluding hydrogens is 347 g/mol. The molecule has 2 N–H and O–H groups in total. The van der Waals surface area contributed by atoms with Crippen LogP contribution in [0.4, 0.5) is 24.7 Å². The number of anilines is 2. The molecular formula is C17H20F3N5O. The number of carbonyl (C=O) groups excluding carboxylic acids is 1. The summed E-state index contributed by atoms with van der Waals surface area (Å²) in [4.78, 5) is 22.5. The Kier molecular flexibility index (Phi) is 6.51. The Morgan fingerprint density at radius 1 is 1.15 bits per heavy atom. The lowest BCUT2D eigenvalue weighted by Gasteiger charge is -2.11. The molecule has 1 heterocycles. The summed E-state index contributed by atoms with van der Waals surface area (Å²) in [5.41, 5.74) is -0.484. The normalized spacial score (nSPS) is 10.9. The molecule has 0 spiro atoms. The number of aryl methyl sites for hydroxylation is 1. The molecule has 1 aromatic carbocycles. The van der Waals surface area contributed by atoms with E-state index in [4.69, 9.17) is 0 Å². The van der Waals surface area contributed by atoms with Crippen molar-refractivity contribution in [3.05, 3.63) is 47.2 Å². The van der Waals surface area contributed by atoms with E-state index in [1.165, 1.54) is 6.07 Å². The molecule has 1 amide bonds. The second kappa shape index (κ2) is 8.61. The Hall–Kier alpha value is -2.68. The highest BCUT2D eigenvalue weighted by Gasteiger charge is 2.17. The van der Waals surface area contributed by atoms with Crippen LogP contribution in [0.1, 0.15) is 22.7 Å². The molecule has 2 rings (SSSR count). The zero-order valence-electron chi connectivity index (χ0n) is 14.7. The molecule has 0 atom stereocenters. The van der Waals surface area contributed by atoms with Crippen molar-refractivity contribution in [2.45, 2.75) is 13.3 Å². The average Bonchev–Trinajstić information content (AvgIpc) is 2.58. The third-order valence-electron chi connectivity index (χ3n) is 3.44. The maximum Gasteiger partial charge on any atom is 0.274 e. The third kappa shape index (κ3) is 5.16. The Morgan fingerprint density at radius 3 is 2.58 bits per heavy atom. The van der Waals surface area contributed by atoms with Crippen LogP contribution in [-0.2, 0) is 0 Å². The topological polar surface area (TPSA) is 70.2 Å². The van der Waals surface area contributed by atoms with Gasteiger partial charge in [-0.05, 0) is 46.1 Å². The van der Waals surface area contributed by atoms with E-state index in [0.717, 1.165) is 25.1 Å². The van der Waals surface area contributed by atoms with E-state index in [0.29, 0.717) is 18.2 Å². The molecule has 0 aliphatic carbocycles. The summed E-state index contributed by atoms with van der Waals surface area (Å²) in [6.07, 6.45) is 0.873. The summed E-state index contributed by atoms with van der Waals surface area (Å²) < 4.78 is 39.9. The number of hydrogen-bond acceptors (Lipinski definition) is 5. The van der Waals surface area contributed by atoms with Gasteiger partial charge in [-0.1, -0.05) is 0 Å². The predicted octanol–water partition coefficient (Wildman–Crippen LogP) is 2.82. The van der Waals surface area contributed by atoms with Crippen LogP contribution in [0.25, 0.3) is 0 Å². The van der Waals surface area contributed by atoms with Crippen molar-refractivity contribution in [3.63, 3.8) is 0 Å². The smallest absolute Gasteiger partial charge is 0.274 e. The molecule has 6 nitrogen and oxygen atoms in total. The fraction of sp³-hybridized carbons (Fsp3) is 0.353. The van der Waals surface area contributed by atoms with Crippen LogP contribution in [0.15, 0.2) is 18.2 Å². The van der Waals surface area contributed by atoms with E-state index in [1.54, 1.807) is 6.92 Å². The minimum atomic E-state index is -1.65. The number of carbonyl (C=O) groups is 1. The van der Waals surface area contributed by atoms with Gasteiger partial charge >= 0.3 is 0 Å². The van der Waals surface area contributed by atoms with Gasteiger partial charge in [0, 0.05) is 12.6 Å². The molecule has 1 aromatic heterocycles. The van der Waals surface area contributed by atoms with Gasteiger partial charge in [-0.3, -0.25) is 4.79 Å². The number of benzene rings is 1. The molecule has 0 aliphatic heterocycles. The van der Waals surface area contributed by atoms with Crippen LogP contribution in [0.2, 0.25) is 0 Å². The molecule has 0 bridgehead atoms. The lowest BCUT2D eigenvalue weighted by atomic mass is 10.2. The van der Waals surface area contributed by atoms with Gasteiger partial charge in [0.05, 0.1) is 5.69 Å². The molecule has 0 radical (unpaired) electrons. The van der Waals surface area contributed by atoms with Gasteiger partial charge in [0.1, 0.15) is 17.3 Å². The van der Waals surface area contributed by atoms with Crippen molar-refractivity contribution in [3.8, 4) is 0 Å². The highest BCUT2D eigenvalue weighted by atomic mass is 19.2. The van der Waals surface area contributed by atoms with E-state index in [2.05, 4.69) is 20.6 Å². The van der Waals surface area contributed by atoms with Gasteiger partial charge in [-0.2, -0.15) is 0 Å². The summed E-state index contributed by atoms with van der Waals surface area (Å²) in [5, 5.41) is 5.27. The van der Waals surface area contributed by atoms with Crippen molar-refractivity contribution < 1.29 is 18.0 Å². The van der Waals surface area contributed by atoms with Crippen LogP contribution < -0.4 is 10.6 Å². The number of halogens is 3. The summed E-state index contributed by atoms with van der Waals surface area (Å²) in [6.45, 7) is 3.15. The summed E-state index contributed by atoms with van der Waals surface area (Å²) in [7, 11) is 3.93. The SMILES string of the molecule is Cc1nc(NCCCN(C)C)cc(C(=O)Nc2ccc(F)c(F)c2F)n1. The van der Waals surface area contributed by atoms with Crippen molar-refractivity contribution in [1.29, 1.82) is 0 Å². The Morgan fingerprint density at radius 2 is 1.88 bits per heavy atom. The second-order valence-electron chi connectivity index (χ2n) is 5.95. The highest BCUT2D eigenvalue weighted by molar-refractivity contribution is 6.03. The standard InChI is InChI=1S/C17H20F3N5O/c1-10-22-13(9-14(23-10)21-7-4-8-25(2)3)17(26)24-12-6-5-11(18)15(19)16(12)20/h5-6,9H,4,7-8H2,1-3H3,(H,24,26)(H,21,22,23). The second-order valence-corrected chi connectivity index (χ2v) is 5.95. The molecule has 0 unspecified atom stereocenters. The van der Waals surface area contributed by atoms with Crippen LogP contribution in [0.5, 0.6) is 0 Å². The Balaban J connectivity index is 2.10. The van der Waals surface area contributed by atoms with Crippen molar-refractivity contribution >= 4 is 17.4 Å². The average molecular weight is 367 g/mol. The largest absolute Gasteiger partial charge is 0.370 e. The minimum Gasteiger partial charge on any atom is -0.370 e. The van der Waals surface area contributed by atoms with Crippen molar-refractivity contribution in [1.82, 2.24) is 14.9 Å². The monoisotopic (exact) mass is 367 g/mol. The van der Waals surface area contributed by atoms with Crippen LogP contribution in [0, 0.1) is 24.4 Å². The number of aromatic nitrogens is 2. The fourth-order valence-corrected chi connectivity index (χ4v) is 2.20. The molecule has 26 heavy (non-hydrogen) atoms. The van der Waals surface area contributed by atoms with E-state index >= 15 is 0 Å². The lowest BCUT2D eigenvalue weighted by Crippen LogP contribution is -2.18. The van der Waals surface area contributed by atoms with Gasteiger partial charge in [-0.25, -0.2) is 23.1 Å². The number of rotatable bonds is 7. The number of amides is 1. The molecule has 0 saturated heterocycles. The van der Waals surface area contributed by atoms with Crippen molar-refractivity contribution in [2.24, 2.45) is 0 Å². The zero-order chi connectivity index (χ0) is 19.3. The molecule has 9 heteroatoms. The first-order valence-electron chi connectivity index (χ1n) is 7.97. The Bertz CT molecular complexity index is 798. The summed E-state index contributed by atoms with van der Waals surface area (Å²) in [5.74, 6) is -4.40. The maximum absolute atomic E-state index is 13.7. The number of hydrogen-bond donors (Lipinski definition) is 2. The summed E-state index contributed by atoms with van der Waals surface area (Å²) in [6, 6.07) is 3.09. The van der Waals surface area contributed by atoms with E-state index in [1.807, 2.05) is 19.0 Å². The Labute approximate surface area is 149 Å².